The van der Waals surface area contributed by atoms with Crippen LogP contribution in [-0.4, -0.2) is 23.1 Å². The first-order chi connectivity index (χ1) is 15.0. The van der Waals surface area contributed by atoms with Crippen molar-refractivity contribution < 1.29 is 14.6 Å². The molecule has 0 fully saturated rings. The van der Waals surface area contributed by atoms with Crippen molar-refractivity contribution >= 4 is 44.7 Å². The Bertz CT molecular complexity index is 1180. The molecule has 4 rings (SSSR count). The van der Waals surface area contributed by atoms with Gasteiger partial charge in [0, 0.05) is 5.56 Å². The van der Waals surface area contributed by atoms with E-state index in [0.717, 1.165) is 11.1 Å². The number of hydrogen-bond donors (Lipinski definition) is 3. The van der Waals surface area contributed by atoms with Crippen LogP contribution in [0.4, 0.5) is 0 Å². The number of methoxy groups -OCH3 is 1. The summed E-state index contributed by atoms with van der Waals surface area (Å²) in [5.41, 5.74) is 3.30. The predicted molar refractivity (Wildman–Crippen MR) is 128 cm³/mol. The van der Waals surface area contributed by atoms with Gasteiger partial charge in [-0.05, 0) is 51.4 Å². The minimum absolute atomic E-state index is 0.00837. The maximum Gasteiger partial charge on any atom is 0.193 e. The zero-order chi connectivity index (χ0) is 22.0. The summed E-state index contributed by atoms with van der Waals surface area (Å²) >= 11 is 8.85. The molecule has 0 aromatic heterocycles. The molecule has 0 saturated heterocycles. The number of halogens is 1. The van der Waals surface area contributed by atoms with E-state index in [9.17, 15) is 9.90 Å². The number of phenols is 1. The molecule has 7 heteroatoms. The van der Waals surface area contributed by atoms with Gasteiger partial charge in [0.05, 0.1) is 28.9 Å². The van der Waals surface area contributed by atoms with Crippen LogP contribution in [0.2, 0.25) is 0 Å². The van der Waals surface area contributed by atoms with Crippen LogP contribution in [-0.2, 0) is 0 Å². The van der Waals surface area contributed by atoms with Crippen LogP contribution >= 0.6 is 28.1 Å². The molecule has 3 aromatic rings. The van der Waals surface area contributed by atoms with Gasteiger partial charge in [-0.15, -0.1) is 0 Å². The van der Waals surface area contributed by atoms with Crippen LogP contribution in [0.15, 0.2) is 82.8 Å². The average molecular weight is 495 g/mol. The number of phenolic OH excluding ortho intramolecular Hbond substituents is 1. The molecule has 1 aliphatic rings. The van der Waals surface area contributed by atoms with Crippen molar-refractivity contribution in [2.45, 2.75) is 6.04 Å². The van der Waals surface area contributed by atoms with E-state index >= 15 is 0 Å². The number of ketones is 1. The topological polar surface area (TPSA) is 70.6 Å². The molecular formula is C24H19BrN2O3S. The predicted octanol–water partition coefficient (Wildman–Crippen LogP) is 4.98. The fraction of sp³-hybridized carbons (Fsp3) is 0.0833. The Balaban J connectivity index is 1.96. The lowest BCUT2D eigenvalue weighted by Crippen LogP contribution is -2.45. The first-order valence-corrected chi connectivity index (χ1v) is 10.7. The number of ether oxygens (including phenoxy) is 1. The summed E-state index contributed by atoms with van der Waals surface area (Å²) in [6.07, 6.45) is 0. The third kappa shape index (κ3) is 4.19. The van der Waals surface area contributed by atoms with E-state index in [2.05, 4.69) is 26.6 Å². The molecular weight excluding hydrogens is 476 g/mol. The molecule has 1 unspecified atom stereocenters. The Kier molecular flexibility index (Phi) is 6.06. The smallest absolute Gasteiger partial charge is 0.193 e. The summed E-state index contributed by atoms with van der Waals surface area (Å²) in [5.74, 6) is 0.157. The van der Waals surface area contributed by atoms with Crippen molar-refractivity contribution in [2.24, 2.45) is 0 Å². The summed E-state index contributed by atoms with van der Waals surface area (Å²) in [4.78, 5) is 13.7. The highest BCUT2D eigenvalue weighted by molar-refractivity contribution is 9.10. The zero-order valence-corrected chi connectivity index (χ0v) is 19.0. The summed E-state index contributed by atoms with van der Waals surface area (Å²) in [7, 11) is 1.48. The van der Waals surface area contributed by atoms with Gasteiger partial charge in [0.15, 0.2) is 22.4 Å². The molecule has 1 heterocycles. The van der Waals surface area contributed by atoms with Gasteiger partial charge in [0.25, 0.3) is 0 Å². The second kappa shape index (κ2) is 8.91. The SMILES string of the molecule is COc1cc(C2NC(=S)NC(c3ccccc3)=C2C(=O)c2ccccc2)cc(Br)c1O. The van der Waals surface area contributed by atoms with Crippen molar-refractivity contribution in [2.75, 3.05) is 7.11 Å². The molecule has 1 atom stereocenters. The molecule has 0 radical (unpaired) electrons. The molecule has 1 aliphatic heterocycles. The zero-order valence-electron chi connectivity index (χ0n) is 16.6. The number of carbonyl (C=O) groups excluding carboxylic acids is 1. The standard InChI is InChI=1S/C24H19BrN2O3S/c1-30-18-13-16(12-17(25)23(18)29)21-19(22(28)15-10-6-3-7-11-15)20(26-24(31)27-21)14-8-4-2-5-9-14/h2-13,21,29H,1H3,(H2,26,27,31). The van der Waals surface area contributed by atoms with E-state index < -0.39 is 6.04 Å². The molecule has 0 amide bonds. The van der Waals surface area contributed by atoms with Gasteiger partial charge in [0.1, 0.15) is 0 Å². The van der Waals surface area contributed by atoms with E-state index in [1.807, 2.05) is 48.5 Å². The average Bonchev–Trinajstić information content (AvgIpc) is 2.81. The number of carbonyl (C=O) groups is 1. The first kappa shape index (κ1) is 21.1. The monoisotopic (exact) mass is 494 g/mol. The summed E-state index contributed by atoms with van der Waals surface area (Å²) < 4.78 is 5.78. The second-order valence-corrected chi connectivity index (χ2v) is 8.20. The van der Waals surface area contributed by atoms with E-state index in [-0.39, 0.29) is 11.5 Å². The van der Waals surface area contributed by atoms with E-state index in [1.54, 1.807) is 24.3 Å². The number of nitrogens with one attached hydrogen (secondary N) is 2. The van der Waals surface area contributed by atoms with E-state index in [4.69, 9.17) is 17.0 Å². The number of Topliss-reactive ketones (excluding diaryl/α,β-unsaturated/α-hetero) is 1. The molecule has 0 bridgehead atoms. The third-order valence-electron chi connectivity index (χ3n) is 5.02. The maximum atomic E-state index is 13.7. The van der Waals surface area contributed by atoms with Gasteiger partial charge < -0.3 is 20.5 Å². The van der Waals surface area contributed by atoms with Crippen LogP contribution in [0.1, 0.15) is 27.5 Å². The minimum atomic E-state index is -0.553. The molecule has 5 nitrogen and oxygen atoms in total. The molecule has 0 saturated carbocycles. The molecule has 156 valence electrons. The van der Waals surface area contributed by atoms with Crippen molar-refractivity contribution in [3.8, 4) is 11.5 Å². The number of thiocarbonyl (C=S) groups is 1. The second-order valence-electron chi connectivity index (χ2n) is 6.93. The van der Waals surface area contributed by atoms with Crippen LogP contribution in [0, 0.1) is 0 Å². The van der Waals surface area contributed by atoms with Crippen molar-refractivity contribution in [1.29, 1.82) is 0 Å². The van der Waals surface area contributed by atoms with Crippen LogP contribution in [0.3, 0.4) is 0 Å². The largest absolute Gasteiger partial charge is 0.503 e. The van der Waals surface area contributed by atoms with E-state index in [0.29, 0.717) is 32.2 Å². The lowest BCUT2D eigenvalue weighted by molar-refractivity contribution is 0.102. The summed E-state index contributed by atoms with van der Waals surface area (Å²) in [5, 5.41) is 17.0. The normalized spacial score (nSPS) is 15.8. The lowest BCUT2D eigenvalue weighted by atomic mass is 9.87. The number of aromatic hydroxyl groups is 1. The number of rotatable bonds is 5. The maximum absolute atomic E-state index is 13.7. The minimum Gasteiger partial charge on any atom is -0.503 e. The Labute approximate surface area is 193 Å². The Morgan fingerprint density at radius 2 is 1.71 bits per heavy atom. The fourth-order valence-corrected chi connectivity index (χ4v) is 4.23. The van der Waals surface area contributed by atoms with Gasteiger partial charge in [-0.2, -0.15) is 0 Å². The molecule has 0 aliphatic carbocycles. The highest BCUT2D eigenvalue weighted by Gasteiger charge is 2.33. The summed E-state index contributed by atoms with van der Waals surface area (Å²) in [6.45, 7) is 0. The van der Waals surface area contributed by atoms with Gasteiger partial charge in [-0.3, -0.25) is 4.79 Å². The Morgan fingerprint density at radius 1 is 1.06 bits per heavy atom. The van der Waals surface area contributed by atoms with Crippen LogP contribution < -0.4 is 15.4 Å². The van der Waals surface area contributed by atoms with E-state index in [1.165, 1.54) is 7.11 Å². The Morgan fingerprint density at radius 3 is 2.35 bits per heavy atom. The summed E-state index contributed by atoms with van der Waals surface area (Å²) in [6, 6.07) is 21.6. The lowest BCUT2D eigenvalue weighted by Gasteiger charge is -2.32. The Hall–Kier alpha value is -3.16. The van der Waals surface area contributed by atoms with Crippen molar-refractivity contribution in [3.63, 3.8) is 0 Å². The highest BCUT2D eigenvalue weighted by atomic mass is 79.9. The molecule has 0 spiro atoms. The molecule has 3 N–H and O–H groups in total. The number of hydrogen-bond acceptors (Lipinski definition) is 4. The third-order valence-corrected chi connectivity index (χ3v) is 5.84. The van der Waals surface area contributed by atoms with Crippen molar-refractivity contribution in [3.05, 3.63) is 99.5 Å². The van der Waals surface area contributed by atoms with Gasteiger partial charge in [-0.1, -0.05) is 60.7 Å². The molecule has 3 aromatic carbocycles. The quantitative estimate of drug-likeness (QED) is 0.343. The number of benzene rings is 3. The van der Waals surface area contributed by atoms with Gasteiger partial charge in [-0.25, -0.2) is 0 Å². The van der Waals surface area contributed by atoms with Gasteiger partial charge in [0.2, 0.25) is 0 Å². The van der Waals surface area contributed by atoms with Crippen molar-refractivity contribution in [1.82, 2.24) is 10.6 Å². The highest BCUT2D eigenvalue weighted by Crippen LogP contribution is 2.40. The first-order valence-electron chi connectivity index (χ1n) is 9.53. The fourth-order valence-electron chi connectivity index (χ4n) is 3.55. The molecule has 31 heavy (non-hydrogen) atoms. The van der Waals surface area contributed by atoms with Crippen LogP contribution in [0.5, 0.6) is 11.5 Å². The van der Waals surface area contributed by atoms with Crippen LogP contribution in [0.25, 0.3) is 5.70 Å². The van der Waals surface area contributed by atoms with Gasteiger partial charge >= 0.3 is 0 Å².